The van der Waals surface area contributed by atoms with Gasteiger partial charge in [0, 0.05) is 57.9 Å². The fourth-order valence-electron chi connectivity index (χ4n) is 3.91. The van der Waals surface area contributed by atoms with Crippen molar-refractivity contribution in [3.8, 4) is 17.5 Å². The predicted molar refractivity (Wildman–Crippen MR) is 97.7 cm³/mol. The van der Waals surface area contributed by atoms with Crippen LogP contribution in [0.25, 0.3) is 22.5 Å². The van der Waals surface area contributed by atoms with Crippen LogP contribution in [-0.2, 0) is 0 Å². The molecule has 0 atom stereocenters. The topological polar surface area (TPSA) is 66.6 Å². The summed E-state index contributed by atoms with van der Waals surface area (Å²) >= 11 is 0. The summed E-state index contributed by atoms with van der Waals surface area (Å²) in [5.41, 5.74) is 1.17. The van der Waals surface area contributed by atoms with Gasteiger partial charge < -0.3 is 0 Å². The van der Waals surface area contributed by atoms with Crippen molar-refractivity contribution in [2.45, 2.75) is 0 Å². The summed E-state index contributed by atoms with van der Waals surface area (Å²) in [6, 6.07) is 8.88. The third-order valence-corrected chi connectivity index (χ3v) is 5.00. The van der Waals surface area contributed by atoms with E-state index in [4.69, 9.17) is 0 Å². The highest BCUT2D eigenvalue weighted by molar-refractivity contribution is 6.32. The highest BCUT2D eigenvalue weighted by atomic mass is 19.2. The number of allylic oxidation sites excluding steroid dienone is 3. The van der Waals surface area contributed by atoms with Crippen LogP contribution in [-0.4, -0.2) is 15.8 Å². The standard InChI is InChI=1S/C22H8F3N3O/c23-13-9-14(24)19(25)18-16(13)10(5-6-26)17(22(18)29)15-11-3-1-7-27-20(11)21-12(15)4-2-8-28-21/h1-5,7-9H/b10-5+. The predicted octanol–water partition coefficient (Wildman–Crippen LogP) is 4.48. The second kappa shape index (κ2) is 5.97. The number of fused-ring (bicyclic) bond motifs is 4. The van der Waals surface area contributed by atoms with E-state index in [1.165, 1.54) is 0 Å². The molecular weight excluding hydrogens is 379 g/mol. The Morgan fingerprint density at radius 1 is 0.897 bits per heavy atom. The molecule has 138 valence electrons. The monoisotopic (exact) mass is 387 g/mol. The molecule has 0 N–H and O–H groups in total. The number of rotatable bonds is 0. The summed E-state index contributed by atoms with van der Waals surface area (Å²) in [7, 11) is 0. The van der Waals surface area contributed by atoms with Gasteiger partial charge in [-0.1, -0.05) is 12.1 Å². The van der Waals surface area contributed by atoms with Gasteiger partial charge in [0.2, 0.25) is 0 Å². The van der Waals surface area contributed by atoms with Crippen LogP contribution < -0.4 is 0 Å². The fourth-order valence-corrected chi connectivity index (χ4v) is 3.91. The molecule has 0 amide bonds. The van der Waals surface area contributed by atoms with Crippen LogP contribution in [0.4, 0.5) is 13.2 Å². The molecule has 0 unspecified atom stereocenters. The first-order chi connectivity index (χ1) is 14.0. The van der Waals surface area contributed by atoms with Crippen molar-refractivity contribution in [2.24, 2.45) is 0 Å². The van der Waals surface area contributed by atoms with Gasteiger partial charge in [-0.3, -0.25) is 14.8 Å². The number of aromatic nitrogens is 2. The largest absolute Gasteiger partial charge is 0.288 e. The molecule has 3 aromatic rings. The number of ketones is 1. The SMILES string of the molecule is N#C/C=C1/C(=C2c3cccnc3-c3ncccc32)C(=O)c2c(F)c(F)cc(F)c21. The van der Waals surface area contributed by atoms with E-state index in [1.807, 2.05) is 0 Å². The third-order valence-electron chi connectivity index (χ3n) is 5.00. The van der Waals surface area contributed by atoms with Crippen molar-refractivity contribution < 1.29 is 18.0 Å². The highest BCUT2D eigenvalue weighted by Crippen LogP contribution is 2.50. The summed E-state index contributed by atoms with van der Waals surface area (Å²) in [4.78, 5) is 21.8. The highest BCUT2D eigenvalue weighted by Gasteiger charge is 2.41. The normalized spacial score (nSPS) is 15.4. The van der Waals surface area contributed by atoms with E-state index >= 15 is 0 Å². The van der Waals surface area contributed by atoms with Gasteiger partial charge in [0.15, 0.2) is 17.4 Å². The Balaban J connectivity index is 1.95. The van der Waals surface area contributed by atoms with E-state index in [-0.39, 0.29) is 11.1 Å². The van der Waals surface area contributed by atoms with Gasteiger partial charge in [0.1, 0.15) is 5.82 Å². The van der Waals surface area contributed by atoms with E-state index < -0.39 is 34.4 Å². The molecule has 29 heavy (non-hydrogen) atoms. The fraction of sp³-hybridized carbons (Fsp3) is 0. The number of nitrogens with zero attached hydrogens (tertiary/aromatic N) is 3. The first-order valence-corrected chi connectivity index (χ1v) is 8.52. The van der Waals surface area contributed by atoms with E-state index in [0.717, 1.165) is 6.08 Å². The van der Waals surface area contributed by atoms with Crippen molar-refractivity contribution in [1.82, 2.24) is 9.97 Å². The number of benzene rings is 1. The Morgan fingerprint density at radius 3 is 2.10 bits per heavy atom. The van der Waals surface area contributed by atoms with E-state index in [0.29, 0.717) is 34.2 Å². The van der Waals surface area contributed by atoms with Gasteiger partial charge in [0.25, 0.3) is 0 Å². The number of Topliss-reactive ketones (excluding diaryl/α,β-unsaturated/α-hetero) is 1. The van der Waals surface area contributed by atoms with E-state index in [1.54, 1.807) is 42.7 Å². The van der Waals surface area contributed by atoms with Crippen molar-refractivity contribution >= 4 is 16.9 Å². The minimum absolute atomic E-state index is 0.0778. The molecule has 2 heterocycles. The maximum absolute atomic E-state index is 14.6. The molecule has 0 aliphatic heterocycles. The van der Waals surface area contributed by atoms with Gasteiger partial charge in [-0.05, 0) is 12.1 Å². The Hall–Kier alpha value is -4.05. The lowest BCUT2D eigenvalue weighted by Gasteiger charge is -2.08. The molecule has 7 heteroatoms. The number of hydrogen-bond acceptors (Lipinski definition) is 4. The average molecular weight is 387 g/mol. The molecule has 5 rings (SSSR count). The Labute approximate surface area is 162 Å². The number of carbonyl (C=O) groups excluding carboxylic acids is 1. The molecule has 0 saturated carbocycles. The van der Waals surface area contributed by atoms with Crippen molar-refractivity contribution in [1.29, 1.82) is 5.26 Å². The zero-order valence-electron chi connectivity index (χ0n) is 14.5. The summed E-state index contributed by atoms with van der Waals surface area (Å²) in [6.45, 7) is 0. The molecule has 2 aromatic heterocycles. The number of hydrogen-bond donors (Lipinski definition) is 0. The van der Waals surface area contributed by atoms with Crippen LogP contribution in [0.1, 0.15) is 27.0 Å². The first kappa shape index (κ1) is 17.1. The van der Waals surface area contributed by atoms with Gasteiger partial charge in [-0.2, -0.15) is 5.26 Å². The minimum atomic E-state index is -1.47. The molecule has 0 radical (unpaired) electrons. The molecule has 0 spiro atoms. The average Bonchev–Trinajstić information content (AvgIpc) is 3.19. The van der Waals surface area contributed by atoms with Crippen LogP contribution >= 0.6 is 0 Å². The Bertz CT molecular complexity index is 1320. The first-order valence-electron chi connectivity index (χ1n) is 8.52. The zero-order chi connectivity index (χ0) is 20.3. The molecule has 1 aromatic carbocycles. The van der Waals surface area contributed by atoms with Crippen LogP contribution in [0, 0.1) is 28.8 Å². The van der Waals surface area contributed by atoms with Crippen molar-refractivity contribution in [2.75, 3.05) is 0 Å². The molecule has 2 aliphatic rings. The van der Waals surface area contributed by atoms with Crippen molar-refractivity contribution in [3.05, 3.63) is 94.1 Å². The van der Waals surface area contributed by atoms with Gasteiger partial charge in [0.05, 0.1) is 23.0 Å². The number of nitriles is 1. The third kappa shape index (κ3) is 2.17. The lowest BCUT2D eigenvalue weighted by molar-refractivity contribution is 0.103. The Morgan fingerprint density at radius 2 is 1.52 bits per heavy atom. The maximum Gasteiger partial charge on any atom is 0.198 e. The van der Waals surface area contributed by atoms with Gasteiger partial charge >= 0.3 is 0 Å². The second-order valence-electron chi connectivity index (χ2n) is 6.47. The quantitative estimate of drug-likeness (QED) is 0.254. The molecular formula is C22H8F3N3O. The summed E-state index contributed by atoms with van der Waals surface area (Å²) in [5, 5.41) is 9.23. The zero-order valence-corrected chi connectivity index (χ0v) is 14.5. The molecule has 0 bridgehead atoms. The van der Waals surface area contributed by atoms with Crippen LogP contribution in [0.15, 0.2) is 54.4 Å². The Kier molecular flexibility index (Phi) is 3.52. The van der Waals surface area contributed by atoms with E-state index in [9.17, 15) is 23.2 Å². The second-order valence-corrected chi connectivity index (χ2v) is 6.47. The van der Waals surface area contributed by atoms with Crippen LogP contribution in [0.3, 0.4) is 0 Å². The lowest BCUT2D eigenvalue weighted by atomic mass is 9.93. The number of pyridine rings is 2. The van der Waals surface area contributed by atoms with Crippen molar-refractivity contribution in [3.63, 3.8) is 0 Å². The summed E-state index contributed by atoms with van der Waals surface area (Å²) in [6.07, 6.45) is 4.10. The summed E-state index contributed by atoms with van der Waals surface area (Å²) in [5.74, 6) is -4.91. The summed E-state index contributed by atoms with van der Waals surface area (Å²) < 4.78 is 42.9. The minimum Gasteiger partial charge on any atom is -0.288 e. The molecule has 0 fully saturated rings. The van der Waals surface area contributed by atoms with Gasteiger partial charge in [-0.25, -0.2) is 13.2 Å². The van der Waals surface area contributed by atoms with Crippen LogP contribution in [0.2, 0.25) is 0 Å². The van der Waals surface area contributed by atoms with E-state index in [2.05, 4.69) is 9.97 Å². The number of carbonyl (C=O) groups is 1. The van der Waals surface area contributed by atoms with Gasteiger partial charge in [-0.15, -0.1) is 0 Å². The lowest BCUT2D eigenvalue weighted by Crippen LogP contribution is -2.04. The molecule has 2 aliphatic carbocycles. The maximum atomic E-state index is 14.6. The van der Waals surface area contributed by atoms with Crippen LogP contribution in [0.5, 0.6) is 0 Å². The number of halogens is 3. The molecule has 0 saturated heterocycles. The smallest absolute Gasteiger partial charge is 0.198 e. The molecule has 4 nitrogen and oxygen atoms in total.